The molecule has 1 saturated carbocycles. The molecule has 0 atom stereocenters. The van der Waals surface area contributed by atoms with Crippen molar-refractivity contribution in [2.75, 3.05) is 0 Å². The number of ketones is 1. The van der Waals surface area contributed by atoms with Crippen LogP contribution in [0.4, 0.5) is 13.2 Å². The van der Waals surface area contributed by atoms with Crippen molar-refractivity contribution in [1.82, 2.24) is 4.57 Å². The van der Waals surface area contributed by atoms with Crippen LogP contribution in [0.5, 0.6) is 0 Å². The molecule has 140 valence electrons. The van der Waals surface area contributed by atoms with Crippen LogP contribution in [0.15, 0.2) is 48.5 Å². The van der Waals surface area contributed by atoms with Gasteiger partial charge in [-0.3, -0.25) is 4.79 Å². The fraction of sp³-hybridized carbons (Fsp3) is 0.318. The zero-order valence-electron chi connectivity index (χ0n) is 15.0. The Hall–Kier alpha value is -2.56. The third kappa shape index (κ3) is 3.51. The lowest BCUT2D eigenvalue weighted by Crippen LogP contribution is -2.11. The maximum absolute atomic E-state index is 13.1. The summed E-state index contributed by atoms with van der Waals surface area (Å²) in [6, 6.07) is 13.1. The Labute approximate surface area is 155 Å². The first-order valence-electron chi connectivity index (χ1n) is 9.12. The van der Waals surface area contributed by atoms with E-state index in [1.165, 1.54) is 31.9 Å². The molecule has 0 N–H and O–H groups in total. The van der Waals surface area contributed by atoms with Crippen molar-refractivity contribution in [3.63, 3.8) is 0 Å². The Bertz CT molecular complexity index is 1010. The number of carbonyl (C=O) groups excluding carboxylic acids is 1. The molecule has 2 aromatic carbocycles. The first kappa shape index (κ1) is 17.8. The van der Waals surface area contributed by atoms with E-state index < -0.39 is 11.7 Å². The number of rotatable bonds is 5. The Morgan fingerprint density at radius 1 is 1.11 bits per heavy atom. The topological polar surface area (TPSA) is 22.0 Å². The molecule has 2 nitrogen and oxygen atoms in total. The third-order valence-electron chi connectivity index (χ3n) is 5.19. The van der Waals surface area contributed by atoms with Crippen LogP contribution in [0.25, 0.3) is 10.9 Å². The van der Waals surface area contributed by atoms with Gasteiger partial charge in [0, 0.05) is 24.4 Å². The fourth-order valence-corrected chi connectivity index (χ4v) is 3.79. The highest BCUT2D eigenvalue weighted by Gasteiger charge is 2.31. The average Bonchev–Trinajstić information content (AvgIpc) is 3.38. The van der Waals surface area contributed by atoms with Gasteiger partial charge < -0.3 is 4.57 Å². The Morgan fingerprint density at radius 2 is 1.85 bits per heavy atom. The van der Waals surface area contributed by atoms with Gasteiger partial charge in [-0.1, -0.05) is 30.3 Å². The van der Waals surface area contributed by atoms with E-state index in [0.29, 0.717) is 17.2 Å². The van der Waals surface area contributed by atoms with E-state index in [-0.39, 0.29) is 12.3 Å². The first-order chi connectivity index (χ1) is 12.8. The minimum atomic E-state index is -4.38. The molecular formula is C22H20F3NO. The van der Waals surface area contributed by atoms with Crippen molar-refractivity contribution in [3.8, 4) is 0 Å². The van der Waals surface area contributed by atoms with Gasteiger partial charge in [0.2, 0.25) is 0 Å². The highest BCUT2D eigenvalue weighted by molar-refractivity contribution is 6.01. The lowest BCUT2D eigenvalue weighted by Gasteiger charge is -2.13. The van der Waals surface area contributed by atoms with Gasteiger partial charge in [0.1, 0.15) is 0 Å². The summed E-state index contributed by atoms with van der Waals surface area (Å²) < 4.78 is 41.1. The smallest absolute Gasteiger partial charge is 0.333 e. The quantitative estimate of drug-likeness (QED) is 0.515. The van der Waals surface area contributed by atoms with Crippen LogP contribution in [-0.2, 0) is 19.1 Å². The predicted molar refractivity (Wildman–Crippen MR) is 98.9 cm³/mol. The number of hydrogen-bond donors (Lipinski definition) is 0. The first-order valence-corrected chi connectivity index (χ1v) is 9.12. The average molecular weight is 371 g/mol. The van der Waals surface area contributed by atoms with Crippen LogP contribution < -0.4 is 0 Å². The van der Waals surface area contributed by atoms with Gasteiger partial charge in [-0.05, 0) is 54.5 Å². The number of carbonyl (C=O) groups is 1. The van der Waals surface area contributed by atoms with E-state index in [1.807, 2.05) is 28.8 Å². The molecule has 0 unspecified atom stereocenters. The molecule has 0 saturated heterocycles. The Morgan fingerprint density at radius 3 is 2.52 bits per heavy atom. The molecule has 0 aliphatic heterocycles. The molecule has 0 spiro atoms. The summed E-state index contributed by atoms with van der Waals surface area (Å²) in [5.74, 6) is 0.560. The standard InChI is InChI=1S/C22H20F3NO/c1-14(27)21-19(12-15-9-10-15)18-7-2-3-8-20(18)26(21)13-16-5-4-6-17(11-16)22(23,24)25/h2-8,11,15H,9-10,12-13H2,1H3. The lowest BCUT2D eigenvalue weighted by atomic mass is 10.0. The van der Waals surface area contributed by atoms with Crippen LogP contribution in [0.1, 0.15) is 46.9 Å². The monoisotopic (exact) mass is 371 g/mol. The summed E-state index contributed by atoms with van der Waals surface area (Å²) in [6.07, 6.45) is -1.19. The highest BCUT2D eigenvalue weighted by Crippen LogP contribution is 2.38. The Balaban J connectivity index is 1.84. The van der Waals surface area contributed by atoms with Crippen LogP contribution in [0.2, 0.25) is 0 Å². The number of fused-ring (bicyclic) bond motifs is 1. The second kappa shape index (κ2) is 6.55. The molecule has 1 heterocycles. The van der Waals surface area contributed by atoms with Gasteiger partial charge in [-0.25, -0.2) is 0 Å². The van der Waals surface area contributed by atoms with E-state index in [1.54, 1.807) is 6.07 Å². The summed E-state index contributed by atoms with van der Waals surface area (Å²) in [4.78, 5) is 12.5. The minimum Gasteiger partial charge on any atom is -0.333 e. The van der Waals surface area contributed by atoms with Gasteiger partial charge in [-0.15, -0.1) is 0 Å². The van der Waals surface area contributed by atoms with E-state index in [9.17, 15) is 18.0 Å². The van der Waals surface area contributed by atoms with Gasteiger partial charge in [-0.2, -0.15) is 13.2 Å². The van der Waals surface area contributed by atoms with Crippen LogP contribution >= 0.6 is 0 Å². The van der Waals surface area contributed by atoms with Crippen LogP contribution in [0, 0.1) is 5.92 Å². The van der Waals surface area contributed by atoms with E-state index >= 15 is 0 Å². The van der Waals surface area contributed by atoms with Crippen molar-refractivity contribution in [2.24, 2.45) is 5.92 Å². The highest BCUT2D eigenvalue weighted by atomic mass is 19.4. The molecule has 0 radical (unpaired) electrons. The maximum Gasteiger partial charge on any atom is 0.416 e. The number of hydrogen-bond acceptors (Lipinski definition) is 1. The number of Topliss-reactive ketones (excluding diaryl/α,β-unsaturated/α-hetero) is 1. The Kier molecular flexibility index (Phi) is 4.33. The molecule has 5 heteroatoms. The number of benzene rings is 2. The summed E-state index contributed by atoms with van der Waals surface area (Å²) in [6.45, 7) is 1.78. The van der Waals surface area contributed by atoms with Gasteiger partial charge in [0.15, 0.2) is 5.78 Å². The minimum absolute atomic E-state index is 0.0474. The van der Waals surface area contributed by atoms with Gasteiger partial charge in [0.05, 0.1) is 11.3 Å². The summed E-state index contributed by atoms with van der Waals surface area (Å²) in [5, 5.41) is 1.03. The van der Waals surface area contributed by atoms with Crippen molar-refractivity contribution < 1.29 is 18.0 Å². The van der Waals surface area contributed by atoms with E-state index in [0.717, 1.165) is 29.0 Å². The third-order valence-corrected chi connectivity index (χ3v) is 5.19. The molecule has 1 aliphatic carbocycles. The van der Waals surface area contributed by atoms with Gasteiger partial charge >= 0.3 is 6.18 Å². The zero-order valence-corrected chi connectivity index (χ0v) is 15.0. The fourth-order valence-electron chi connectivity index (χ4n) is 3.79. The largest absolute Gasteiger partial charge is 0.416 e. The molecule has 1 fully saturated rings. The SMILES string of the molecule is CC(=O)c1c(CC2CC2)c2ccccc2n1Cc1cccc(C(F)(F)F)c1. The second-order valence-electron chi connectivity index (χ2n) is 7.33. The predicted octanol–water partition coefficient (Wildman–Crippen LogP) is 5.86. The van der Waals surface area contributed by atoms with Crippen LogP contribution in [-0.4, -0.2) is 10.4 Å². The number of halogens is 3. The van der Waals surface area contributed by atoms with Crippen molar-refractivity contribution in [1.29, 1.82) is 0 Å². The van der Waals surface area contributed by atoms with Crippen molar-refractivity contribution >= 4 is 16.7 Å². The maximum atomic E-state index is 13.1. The number of para-hydroxylation sites is 1. The lowest BCUT2D eigenvalue weighted by molar-refractivity contribution is -0.137. The zero-order chi connectivity index (χ0) is 19.2. The second-order valence-corrected chi connectivity index (χ2v) is 7.33. The van der Waals surface area contributed by atoms with Crippen molar-refractivity contribution in [2.45, 2.75) is 38.9 Å². The van der Waals surface area contributed by atoms with Gasteiger partial charge in [0.25, 0.3) is 0 Å². The molecule has 27 heavy (non-hydrogen) atoms. The molecule has 1 aromatic heterocycles. The molecule has 4 rings (SSSR count). The van der Waals surface area contributed by atoms with Crippen molar-refractivity contribution in [3.05, 3.63) is 70.9 Å². The van der Waals surface area contributed by atoms with Crippen LogP contribution in [0.3, 0.4) is 0 Å². The molecule has 0 bridgehead atoms. The molecule has 3 aromatic rings. The molecular weight excluding hydrogens is 351 g/mol. The van der Waals surface area contributed by atoms with E-state index in [4.69, 9.17) is 0 Å². The molecule has 1 aliphatic rings. The normalized spacial score (nSPS) is 14.7. The number of aromatic nitrogens is 1. The summed E-state index contributed by atoms with van der Waals surface area (Å²) in [7, 11) is 0. The summed E-state index contributed by atoms with van der Waals surface area (Å²) in [5.41, 5.74) is 2.42. The molecule has 0 amide bonds. The van der Waals surface area contributed by atoms with E-state index in [2.05, 4.69) is 0 Å². The summed E-state index contributed by atoms with van der Waals surface area (Å²) >= 11 is 0. The number of nitrogens with zero attached hydrogens (tertiary/aromatic N) is 1. The number of alkyl halides is 3.